The molecule has 0 aliphatic heterocycles. The monoisotopic (exact) mass is 401 g/mol. The van der Waals surface area contributed by atoms with Gasteiger partial charge in [0, 0.05) is 0 Å². The van der Waals surface area contributed by atoms with Crippen molar-refractivity contribution in [2.75, 3.05) is 5.73 Å². The van der Waals surface area contributed by atoms with Gasteiger partial charge in [-0.15, -0.1) is 17.0 Å². The molecule has 1 aromatic heterocycles. The summed E-state index contributed by atoms with van der Waals surface area (Å²) >= 11 is 2.49. The molecule has 0 spiro atoms. The van der Waals surface area contributed by atoms with Crippen LogP contribution < -0.4 is 10.5 Å². The van der Waals surface area contributed by atoms with Gasteiger partial charge in [0.2, 0.25) is 0 Å². The summed E-state index contributed by atoms with van der Waals surface area (Å²) < 4.78 is 16.6. The van der Waals surface area contributed by atoms with Crippen molar-refractivity contribution in [2.45, 2.75) is 23.7 Å². The molecule has 0 radical (unpaired) electrons. The van der Waals surface area contributed by atoms with Gasteiger partial charge in [-0.2, -0.15) is 0 Å². The van der Waals surface area contributed by atoms with Crippen LogP contribution in [0.5, 0.6) is 5.75 Å². The molecule has 0 unspecified atom stereocenters. The molecule has 0 saturated heterocycles. The van der Waals surface area contributed by atoms with Crippen molar-refractivity contribution in [1.29, 1.82) is 5.26 Å². The number of hydrogen-bond donors (Lipinski definition) is 1. The van der Waals surface area contributed by atoms with Gasteiger partial charge in [0.15, 0.2) is 0 Å². The Morgan fingerprint density at radius 1 is 1.57 bits per heavy atom. The molecular weight excluding hydrogens is 393 g/mol. The summed E-state index contributed by atoms with van der Waals surface area (Å²) in [4.78, 5) is 5.12. The normalized spacial score (nSPS) is 13.1. The number of thiazole rings is 1. The first-order valence-corrected chi connectivity index (χ1v) is 8.22. The first-order valence-electron chi connectivity index (χ1n) is 5.77. The van der Waals surface area contributed by atoms with Gasteiger partial charge in [-0.3, -0.25) is 0 Å². The second-order valence-electron chi connectivity index (χ2n) is 4.27. The Labute approximate surface area is 140 Å². The fourth-order valence-electron chi connectivity index (χ4n) is 2.10. The van der Waals surface area contributed by atoms with Crippen molar-refractivity contribution < 1.29 is 9.30 Å². The molecule has 1 saturated carbocycles. The van der Waals surface area contributed by atoms with Gasteiger partial charge in [0.1, 0.15) is 0 Å². The number of thiocyanates is 1. The number of nitrogen functional groups attached to an aromatic ring is 1. The third-order valence-corrected chi connectivity index (χ3v) is 4.72. The molecule has 1 heterocycles. The van der Waals surface area contributed by atoms with E-state index in [1.54, 1.807) is 6.07 Å². The summed E-state index contributed by atoms with van der Waals surface area (Å²) in [7, 11) is -0.341. The van der Waals surface area contributed by atoms with Crippen molar-refractivity contribution in [3.8, 4) is 17.0 Å². The first kappa shape index (κ1) is 16.4. The van der Waals surface area contributed by atoms with Crippen LogP contribution in [-0.2, 0) is 4.57 Å². The molecular formula is C12H9BrN3O2PS2. The van der Waals surface area contributed by atoms with Gasteiger partial charge in [-0.1, -0.05) is 0 Å². The van der Waals surface area contributed by atoms with E-state index in [9.17, 15) is 4.57 Å². The van der Waals surface area contributed by atoms with E-state index < -0.39 is 0 Å². The Morgan fingerprint density at radius 3 is 2.95 bits per heavy atom. The predicted molar refractivity (Wildman–Crippen MR) is 89.9 cm³/mol. The number of anilines is 1. The van der Waals surface area contributed by atoms with Crippen molar-refractivity contribution in [1.82, 2.24) is 4.98 Å². The van der Waals surface area contributed by atoms with E-state index in [1.807, 2.05) is 0 Å². The summed E-state index contributed by atoms with van der Waals surface area (Å²) in [6.45, 7) is 0. The summed E-state index contributed by atoms with van der Waals surface area (Å²) in [5.41, 5.74) is 7.58. The second kappa shape index (κ2) is 6.87. The average molecular weight is 402 g/mol. The van der Waals surface area contributed by atoms with E-state index in [0.29, 0.717) is 22.3 Å². The number of nitrogens with two attached hydrogens (primary N) is 1. The summed E-state index contributed by atoms with van der Waals surface area (Å²) in [6, 6.07) is 1.75. The zero-order valence-corrected chi connectivity index (χ0v) is 14.8. The zero-order valence-electron chi connectivity index (χ0n) is 10.5. The molecule has 2 N–H and O–H groups in total. The third-order valence-electron chi connectivity index (χ3n) is 2.98. The maximum atomic E-state index is 10.5. The molecule has 1 aliphatic carbocycles. The van der Waals surface area contributed by atoms with E-state index in [-0.39, 0.29) is 24.9 Å². The van der Waals surface area contributed by atoms with Gasteiger partial charge >= 0.3 is 124 Å². The van der Waals surface area contributed by atoms with Crippen LogP contribution >= 0.6 is 48.0 Å². The average Bonchev–Trinajstić information content (AvgIpc) is 3.17. The Kier molecular flexibility index (Phi) is 5.37. The molecule has 1 aliphatic rings. The molecule has 9 heteroatoms. The topological polar surface area (TPSA) is 89.0 Å². The number of hydrogen-bond acceptors (Lipinski definition) is 7. The van der Waals surface area contributed by atoms with Crippen molar-refractivity contribution in [3.05, 3.63) is 11.6 Å². The number of fused-ring (bicyclic) bond motifs is 1. The van der Waals surface area contributed by atoms with Crippen LogP contribution in [-0.4, -0.2) is 4.98 Å². The Hall–Kier alpha value is -0.960. The van der Waals surface area contributed by atoms with E-state index >= 15 is 0 Å². The number of aromatic nitrogens is 1. The third kappa shape index (κ3) is 3.28. The molecule has 108 valence electrons. The molecule has 0 bridgehead atoms. The number of ether oxygens (including phenoxy) is 1. The molecule has 5 nitrogen and oxygen atoms in total. The molecule has 21 heavy (non-hydrogen) atoms. The standard InChI is InChI=1S/C12H8N3O2PS2.BrH/c13-4-19-8-3-7(17-5-18-16)10-11(20-12(14)15-10)9(8)6-1-2-6;/h3,6H,1-2H2,(H2,14,15);1H. The number of benzene rings is 1. The van der Waals surface area contributed by atoms with Gasteiger partial charge in [0.25, 0.3) is 0 Å². The van der Waals surface area contributed by atoms with E-state index in [2.05, 4.69) is 16.2 Å². The van der Waals surface area contributed by atoms with Crippen LogP contribution in [0.25, 0.3) is 10.2 Å². The second-order valence-corrected chi connectivity index (χ2v) is 6.49. The molecule has 3 rings (SSSR count). The minimum atomic E-state index is -0.341. The van der Waals surface area contributed by atoms with Gasteiger partial charge in [-0.05, 0) is 0 Å². The number of thioether (sulfide) groups is 1. The summed E-state index contributed by atoms with van der Waals surface area (Å²) in [5.74, 6) is 3.14. The van der Waals surface area contributed by atoms with Gasteiger partial charge in [0.05, 0.1) is 0 Å². The zero-order chi connectivity index (χ0) is 14.1. The fraction of sp³-hybridized carbons (Fsp3) is 0.250. The van der Waals surface area contributed by atoms with Crippen LogP contribution in [0.3, 0.4) is 0 Å². The van der Waals surface area contributed by atoms with E-state index in [1.165, 1.54) is 11.3 Å². The molecule has 0 amide bonds. The van der Waals surface area contributed by atoms with Crippen LogP contribution in [0.2, 0.25) is 0 Å². The van der Waals surface area contributed by atoms with Gasteiger partial charge in [-0.25, -0.2) is 0 Å². The van der Waals surface area contributed by atoms with E-state index in [0.717, 1.165) is 39.8 Å². The number of halogens is 1. The van der Waals surface area contributed by atoms with Crippen LogP contribution in [0.4, 0.5) is 5.13 Å². The predicted octanol–water partition coefficient (Wildman–Crippen LogP) is 4.49. The Balaban J connectivity index is 0.00000161. The quantitative estimate of drug-likeness (QED) is 0.462. The molecule has 1 aromatic carbocycles. The van der Waals surface area contributed by atoms with Crippen molar-refractivity contribution >= 4 is 63.3 Å². The van der Waals surface area contributed by atoms with Crippen LogP contribution in [0.15, 0.2) is 11.0 Å². The Morgan fingerprint density at radius 2 is 2.33 bits per heavy atom. The first-order chi connectivity index (χ1) is 9.74. The SMILES string of the molecule is Br.N#CSc1cc(OC#P=O)c2nc(N)sc2c1C1CC1. The maximum absolute atomic E-state index is 10.5. The summed E-state index contributed by atoms with van der Waals surface area (Å²) in [6.07, 6.45) is 2.23. The van der Waals surface area contributed by atoms with E-state index in [4.69, 9.17) is 15.7 Å². The molecule has 0 atom stereocenters. The van der Waals surface area contributed by atoms with Crippen molar-refractivity contribution in [2.24, 2.45) is 0 Å². The van der Waals surface area contributed by atoms with Crippen molar-refractivity contribution in [3.63, 3.8) is 0 Å². The number of nitriles is 1. The van der Waals surface area contributed by atoms with Gasteiger partial charge < -0.3 is 0 Å². The number of rotatable bonds is 3. The fourth-order valence-corrected chi connectivity index (χ4v) is 3.92. The Bertz CT molecular complexity index is 839. The molecule has 2 aromatic rings. The molecule has 1 fully saturated rings. The van der Waals surface area contributed by atoms with Crippen LogP contribution in [0.1, 0.15) is 24.3 Å². The summed E-state index contributed by atoms with van der Waals surface area (Å²) in [5, 5.41) is 11.5. The van der Waals surface area contributed by atoms with Crippen LogP contribution in [0, 0.1) is 16.5 Å². The number of nitrogens with zero attached hydrogens (tertiary/aromatic N) is 2. The minimum absolute atomic E-state index is 0.